The van der Waals surface area contributed by atoms with Gasteiger partial charge < -0.3 is 10.5 Å². The molecule has 2 N–H and O–H groups in total. The van der Waals surface area contributed by atoms with Gasteiger partial charge >= 0.3 is 0 Å². The van der Waals surface area contributed by atoms with E-state index in [1.807, 2.05) is 0 Å². The Bertz CT molecular complexity index is 395. The van der Waals surface area contributed by atoms with E-state index in [2.05, 4.69) is 0 Å². The minimum atomic E-state index is -1.01. The first-order chi connectivity index (χ1) is 7.63. The second-order valence-electron chi connectivity index (χ2n) is 3.10. The molecule has 0 spiro atoms. The van der Waals surface area contributed by atoms with Crippen molar-refractivity contribution in [1.29, 1.82) is 0 Å². The van der Waals surface area contributed by atoms with Crippen molar-refractivity contribution < 1.29 is 13.3 Å². The minimum Gasteiger partial charge on any atom is -0.487 e. The van der Waals surface area contributed by atoms with Gasteiger partial charge in [0.05, 0.1) is 0 Å². The first-order valence-electron chi connectivity index (χ1n) is 4.74. The molecule has 0 heterocycles. The Morgan fingerprint density at radius 1 is 1.47 bits per heavy atom. The Morgan fingerprint density at radius 3 is 2.53 bits per heavy atom. The van der Waals surface area contributed by atoms with Gasteiger partial charge in [-0.05, 0) is 30.3 Å². The van der Waals surface area contributed by atoms with Crippen molar-refractivity contribution in [3.05, 3.63) is 36.2 Å². The molecule has 0 aliphatic carbocycles. The number of hydrogen-bond donors (Lipinski definition) is 1. The van der Waals surface area contributed by atoms with E-state index < -0.39 is 16.6 Å². The van der Waals surface area contributed by atoms with Crippen LogP contribution in [0.2, 0.25) is 0 Å². The van der Waals surface area contributed by atoms with Gasteiger partial charge in [0, 0.05) is 28.5 Å². The van der Waals surface area contributed by atoms with Crippen LogP contribution in [0, 0.1) is 0 Å². The summed E-state index contributed by atoms with van der Waals surface area (Å²) in [6.45, 7) is 0.0225. The first-order valence-corrected chi connectivity index (χ1v) is 6.30. The third-order valence-corrected chi connectivity index (χ3v) is 2.81. The van der Waals surface area contributed by atoms with Crippen LogP contribution in [0.4, 0.5) is 4.39 Å². The molecule has 0 amide bonds. The van der Waals surface area contributed by atoms with Gasteiger partial charge in [0.2, 0.25) is 0 Å². The highest BCUT2D eigenvalue weighted by Crippen LogP contribution is 2.15. The fourth-order valence-corrected chi connectivity index (χ4v) is 1.59. The lowest BCUT2D eigenvalue weighted by Crippen LogP contribution is -2.01. The summed E-state index contributed by atoms with van der Waals surface area (Å²) < 4.78 is 29.2. The van der Waals surface area contributed by atoms with Crippen molar-refractivity contribution in [2.24, 2.45) is 5.73 Å². The Morgan fingerprint density at radius 2 is 2.06 bits per heavy atom. The highest BCUT2D eigenvalue weighted by Gasteiger charge is 1.99. The average Bonchev–Trinajstić information content (AvgIpc) is 2.27. The molecule has 17 heavy (non-hydrogen) atoms. The van der Waals surface area contributed by atoms with Crippen LogP contribution in [0.25, 0.3) is 0 Å². The van der Waals surface area contributed by atoms with Crippen LogP contribution in [-0.2, 0) is 10.8 Å². The number of rotatable bonds is 5. The van der Waals surface area contributed by atoms with Crippen LogP contribution in [0.15, 0.2) is 41.1 Å². The number of hydrogen-bond acceptors (Lipinski definition) is 3. The van der Waals surface area contributed by atoms with Gasteiger partial charge in [0.1, 0.15) is 18.2 Å². The van der Waals surface area contributed by atoms with E-state index in [9.17, 15) is 8.60 Å². The highest BCUT2D eigenvalue weighted by molar-refractivity contribution is 7.84. The van der Waals surface area contributed by atoms with E-state index in [1.54, 1.807) is 30.5 Å². The number of nitrogens with two attached hydrogens (primary N) is 1. The van der Waals surface area contributed by atoms with Gasteiger partial charge in [-0.15, -0.1) is 12.4 Å². The number of ether oxygens (including phenoxy) is 1. The van der Waals surface area contributed by atoms with Gasteiger partial charge in [-0.3, -0.25) is 4.21 Å². The third-order valence-electron chi connectivity index (χ3n) is 1.87. The molecule has 6 heteroatoms. The van der Waals surface area contributed by atoms with Crippen molar-refractivity contribution in [3.63, 3.8) is 0 Å². The van der Waals surface area contributed by atoms with Crippen molar-refractivity contribution >= 4 is 23.2 Å². The molecule has 0 aromatic heterocycles. The lowest BCUT2D eigenvalue weighted by atomic mass is 10.3. The van der Waals surface area contributed by atoms with E-state index in [0.717, 1.165) is 0 Å². The maximum Gasteiger partial charge on any atom is 0.139 e. The molecule has 0 bridgehead atoms. The van der Waals surface area contributed by atoms with E-state index in [0.29, 0.717) is 10.6 Å². The molecule has 0 saturated heterocycles. The Labute approximate surface area is 109 Å². The molecule has 96 valence electrons. The summed E-state index contributed by atoms with van der Waals surface area (Å²) in [5, 5.41) is 0. The molecule has 0 aliphatic rings. The first kappa shape index (κ1) is 16.1. The van der Waals surface area contributed by atoms with Gasteiger partial charge in [0.25, 0.3) is 0 Å². The quantitative estimate of drug-likeness (QED) is 0.897. The predicted molar refractivity (Wildman–Crippen MR) is 69.8 cm³/mol. The Hall–Kier alpha value is -0.910. The fraction of sp³-hybridized carbons (Fsp3) is 0.273. The largest absolute Gasteiger partial charge is 0.487 e. The van der Waals surface area contributed by atoms with E-state index >= 15 is 0 Å². The molecule has 0 radical (unpaired) electrons. The summed E-state index contributed by atoms with van der Waals surface area (Å²) in [6, 6.07) is 6.70. The van der Waals surface area contributed by atoms with Crippen molar-refractivity contribution in [2.75, 3.05) is 19.4 Å². The second kappa shape index (κ2) is 8.22. The monoisotopic (exact) mass is 279 g/mol. The molecule has 1 aromatic rings. The SMILES string of the molecule is CS(=O)c1ccc(OCC(F)=CCN)cc1.Cl. The normalized spacial score (nSPS) is 12.8. The Balaban J connectivity index is 0.00000256. The highest BCUT2D eigenvalue weighted by atomic mass is 35.5. The summed E-state index contributed by atoms with van der Waals surface area (Å²) in [5.74, 6) is 0.139. The molecular weight excluding hydrogens is 265 g/mol. The maximum absolute atomic E-state index is 12.9. The third kappa shape index (κ3) is 5.81. The zero-order valence-corrected chi connectivity index (χ0v) is 11.0. The van der Waals surface area contributed by atoms with Crippen LogP contribution in [-0.4, -0.2) is 23.6 Å². The van der Waals surface area contributed by atoms with Gasteiger partial charge in [-0.25, -0.2) is 4.39 Å². The van der Waals surface area contributed by atoms with Crippen LogP contribution in [0.5, 0.6) is 5.75 Å². The molecule has 0 saturated carbocycles. The van der Waals surface area contributed by atoms with Gasteiger partial charge in [-0.2, -0.15) is 0 Å². The molecule has 1 rings (SSSR count). The molecule has 1 atom stereocenters. The molecule has 0 aliphatic heterocycles. The zero-order chi connectivity index (χ0) is 12.0. The topological polar surface area (TPSA) is 52.3 Å². The molecule has 3 nitrogen and oxygen atoms in total. The number of halogens is 2. The summed E-state index contributed by atoms with van der Waals surface area (Å²) in [4.78, 5) is 0.713. The number of benzene rings is 1. The Kier molecular flexibility index (Phi) is 7.78. The van der Waals surface area contributed by atoms with E-state index in [-0.39, 0.29) is 25.6 Å². The summed E-state index contributed by atoms with van der Waals surface area (Å²) >= 11 is 0. The smallest absolute Gasteiger partial charge is 0.139 e. The van der Waals surface area contributed by atoms with Crippen LogP contribution >= 0.6 is 12.4 Å². The zero-order valence-electron chi connectivity index (χ0n) is 9.39. The maximum atomic E-state index is 12.9. The summed E-state index contributed by atoms with van der Waals surface area (Å²) in [7, 11) is -1.01. The molecule has 1 aromatic carbocycles. The van der Waals surface area contributed by atoms with Crippen molar-refractivity contribution in [3.8, 4) is 5.75 Å². The molecule has 1 unspecified atom stereocenters. The van der Waals surface area contributed by atoms with E-state index in [4.69, 9.17) is 10.5 Å². The van der Waals surface area contributed by atoms with Crippen molar-refractivity contribution in [2.45, 2.75) is 4.90 Å². The van der Waals surface area contributed by atoms with Crippen LogP contribution in [0.3, 0.4) is 0 Å². The summed E-state index contributed by atoms with van der Waals surface area (Å²) in [6.07, 6.45) is 2.86. The average molecular weight is 280 g/mol. The predicted octanol–water partition coefficient (Wildman–Crippen LogP) is 2.04. The van der Waals surface area contributed by atoms with Gasteiger partial charge in [-0.1, -0.05) is 0 Å². The van der Waals surface area contributed by atoms with Crippen molar-refractivity contribution in [1.82, 2.24) is 0 Å². The fourth-order valence-electron chi connectivity index (χ4n) is 1.07. The van der Waals surface area contributed by atoms with Crippen LogP contribution in [0.1, 0.15) is 0 Å². The van der Waals surface area contributed by atoms with E-state index in [1.165, 1.54) is 6.08 Å². The standard InChI is InChI=1S/C11H14FNO2S.ClH/c1-16(14)11-4-2-10(3-5-11)15-8-9(12)6-7-13;/h2-6H,7-8,13H2,1H3;1H. The second-order valence-corrected chi connectivity index (χ2v) is 4.48. The molecule has 0 fully saturated rings. The molecular formula is C11H15ClFNO2S. The lowest BCUT2D eigenvalue weighted by Gasteiger charge is -2.05. The minimum absolute atomic E-state index is 0. The lowest BCUT2D eigenvalue weighted by molar-refractivity contribution is 0.318. The van der Waals surface area contributed by atoms with Gasteiger partial charge in [0.15, 0.2) is 0 Å². The summed E-state index contributed by atoms with van der Waals surface area (Å²) in [5.41, 5.74) is 5.15. The van der Waals surface area contributed by atoms with Crippen LogP contribution < -0.4 is 10.5 Å².